The maximum atomic E-state index is 14.1. The number of nitrogens with zero attached hydrogens (tertiary/aromatic N) is 4. The summed E-state index contributed by atoms with van der Waals surface area (Å²) in [5, 5.41) is 0. The first-order chi connectivity index (χ1) is 20.2. The predicted octanol–water partition coefficient (Wildman–Crippen LogP) is 6.62. The van der Waals surface area contributed by atoms with E-state index in [1.807, 2.05) is 43.0 Å². The molecule has 0 saturated carbocycles. The number of ether oxygens (including phenoxy) is 2. The van der Waals surface area contributed by atoms with E-state index in [9.17, 15) is 4.79 Å². The molecule has 1 atom stereocenters. The summed E-state index contributed by atoms with van der Waals surface area (Å²) >= 11 is 0. The van der Waals surface area contributed by atoms with Gasteiger partial charge in [-0.2, -0.15) is 0 Å². The molecule has 7 nitrogen and oxygen atoms in total. The monoisotopic (exact) mass is 568 g/mol. The topological polar surface area (TPSA) is 59.8 Å². The van der Waals surface area contributed by atoms with Crippen LogP contribution >= 0.6 is 0 Å². The fourth-order valence-electron chi connectivity index (χ4n) is 6.42. The van der Waals surface area contributed by atoms with Crippen molar-refractivity contribution in [2.75, 3.05) is 27.4 Å². The number of hydrogen-bond donors (Lipinski definition) is 0. The number of carbonyl (C=O) groups is 1. The normalized spacial score (nSPS) is 15.6. The minimum atomic E-state index is -0.00909. The van der Waals surface area contributed by atoms with E-state index in [-0.39, 0.29) is 11.9 Å². The summed E-state index contributed by atoms with van der Waals surface area (Å²) in [4.78, 5) is 23.7. The van der Waals surface area contributed by atoms with E-state index in [1.54, 1.807) is 14.2 Å². The van der Waals surface area contributed by atoms with Crippen LogP contribution in [0.1, 0.15) is 65.1 Å². The lowest BCUT2D eigenvalue weighted by molar-refractivity contribution is 0.0683. The van der Waals surface area contributed by atoms with E-state index >= 15 is 0 Å². The van der Waals surface area contributed by atoms with Gasteiger partial charge in [0, 0.05) is 37.0 Å². The number of methoxy groups -OCH3 is 2. The standard InChI is InChI=1S/C35H44N4O3/c1-23(2)38(35(40)34-25(4)17-24(3)18-26(34)5)21-33-36-31-19-27(20-37-16-8-9-29(37)22-41-6)10-15-32(31)39(33)28-11-13-30(42-7)14-12-28/h10-15,17-19,23,29H,8-9,16,20-22H2,1-7H3. The smallest absolute Gasteiger partial charge is 0.255 e. The van der Waals surface area contributed by atoms with Crippen molar-refractivity contribution >= 4 is 16.9 Å². The van der Waals surface area contributed by atoms with Crippen molar-refractivity contribution in [1.29, 1.82) is 0 Å². The van der Waals surface area contributed by atoms with Crippen LogP contribution in [-0.4, -0.2) is 64.7 Å². The Morgan fingerprint density at radius 2 is 1.74 bits per heavy atom. The molecule has 2 heterocycles. The highest BCUT2D eigenvalue weighted by atomic mass is 16.5. The summed E-state index contributed by atoms with van der Waals surface area (Å²) in [5.74, 6) is 1.66. The molecule has 1 aliphatic heterocycles. The van der Waals surface area contributed by atoms with Gasteiger partial charge in [-0.3, -0.25) is 14.3 Å². The van der Waals surface area contributed by atoms with E-state index < -0.39 is 0 Å². The molecule has 7 heteroatoms. The lowest BCUT2D eigenvalue weighted by Gasteiger charge is -2.28. The van der Waals surface area contributed by atoms with Crippen LogP contribution in [0.15, 0.2) is 54.6 Å². The molecular weight excluding hydrogens is 524 g/mol. The lowest BCUT2D eigenvalue weighted by Crippen LogP contribution is -2.38. The molecule has 0 radical (unpaired) electrons. The number of fused-ring (bicyclic) bond motifs is 1. The van der Waals surface area contributed by atoms with E-state index in [0.29, 0.717) is 12.6 Å². The molecule has 1 unspecified atom stereocenters. The van der Waals surface area contributed by atoms with Gasteiger partial charge in [0.15, 0.2) is 0 Å². The summed E-state index contributed by atoms with van der Waals surface area (Å²) in [6.45, 7) is 13.4. The van der Waals surface area contributed by atoms with Crippen LogP contribution in [0.2, 0.25) is 0 Å². The molecular formula is C35H44N4O3. The van der Waals surface area contributed by atoms with Crippen LogP contribution in [0.25, 0.3) is 16.7 Å². The van der Waals surface area contributed by atoms with Crippen LogP contribution < -0.4 is 4.74 Å². The highest BCUT2D eigenvalue weighted by Gasteiger charge is 2.27. The van der Waals surface area contributed by atoms with Gasteiger partial charge in [-0.25, -0.2) is 4.98 Å². The Morgan fingerprint density at radius 1 is 1.02 bits per heavy atom. The van der Waals surface area contributed by atoms with Crippen LogP contribution in [0, 0.1) is 20.8 Å². The molecule has 42 heavy (non-hydrogen) atoms. The van der Waals surface area contributed by atoms with E-state index in [2.05, 4.69) is 60.6 Å². The molecule has 3 aromatic carbocycles. The quantitative estimate of drug-likeness (QED) is 0.215. The maximum absolute atomic E-state index is 14.1. The summed E-state index contributed by atoms with van der Waals surface area (Å²) in [7, 11) is 3.45. The number of carbonyl (C=O) groups excluding carboxylic acids is 1. The minimum absolute atomic E-state index is 0.00909. The molecule has 0 bridgehead atoms. The zero-order chi connectivity index (χ0) is 30.0. The first kappa shape index (κ1) is 29.8. The van der Waals surface area contributed by atoms with Gasteiger partial charge in [0.25, 0.3) is 5.91 Å². The molecule has 1 aliphatic rings. The number of rotatable bonds is 10. The average molecular weight is 569 g/mol. The van der Waals surface area contributed by atoms with Gasteiger partial charge in [-0.15, -0.1) is 0 Å². The van der Waals surface area contributed by atoms with Crippen molar-refractivity contribution in [1.82, 2.24) is 19.4 Å². The van der Waals surface area contributed by atoms with Crippen molar-refractivity contribution in [3.63, 3.8) is 0 Å². The minimum Gasteiger partial charge on any atom is -0.497 e. The molecule has 5 rings (SSSR count). The summed E-state index contributed by atoms with van der Waals surface area (Å²) in [5.41, 5.74) is 8.12. The van der Waals surface area contributed by atoms with Gasteiger partial charge in [0.1, 0.15) is 11.6 Å². The summed E-state index contributed by atoms with van der Waals surface area (Å²) in [6, 6.07) is 19.2. The fourth-order valence-corrected chi connectivity index (χ4v) is 6.42. The first-order valence-corrected chi connectivity index (χ1v) is 15.0. The second-order valence-corrected chi connectivity index (χ2v) is 11.9. The van der Waals surface area contributed by atoms with Crippen molar-refractivity contribution in [3.8, 4) is 11.4 Å². The van der Waals surface area contributed by atoms with Crippen LogP contribution in [0.4, 0.5) is 0 Å². The number of aryl methyl sites for hydroxylation is 3. The van der Waals surface area contributed by atoms with Gasteiger partial charge in [0.2, 0.25) is 0 Å². The highest BCUT2D eigenvalue weighted by molar-refractivity contribution is 5.97. The maximum Gasteiger partial charge on any atom is 0.255 e. The second kappa shape index (κ2) is 12.7. The summed E-state index contributed by atoms with van der Waals surface area (Å²) < 4.78 is 13.1. The van der Waals surface area contributed by atoms with E-state index in [0.717, 1.165) is 70.2 Å². The predicted molar refractivity (Wildman–Crippen MR) is 169 cm³/mol. The average Bonchev–Trinajstić information content (AvgIpc) is 3.54. The van der Waals surface area contributed by atoms with E-state index in [4.69, 9.17) is 14.5 Å². The number of imidazole rings is 1. The van der Waals surface area contributed by atoms with Crippen LogP contribution in [0.5, 0.6) is 5.75 Å². The van der Waals surface area contributed by atoms with Crippen molar-refractivity contribution < 1.29 is 14.3 Å². The van der Waals surface area contributed by atoms with Crippen molar-refractivity contribution in [2.45, 2.75) is 72.6 Å². The molecule has 0 spiro atoms. The van der Waals surface area contributed by atoms with Gasteiger partial charge in [-0.1, -0.05) is 23.8 Å². The van der Waals surface area contributed by atoms with Crippen LogP contribution in [-0.2, 0) is 17.8 Å². The Morgan fingerprint density at radius 3 is 2.38 bits per heavy atom. The molecule has 1 amide bonds. The number of aromatic nitrogens is 2. The zero-order valence-corrected chi connectivity index (χ0v) is 26.1. The van der Waals surface area contributed by atoms with Crippen molar-refractivity contribution in [2.24, 2.45) is 0 Å². The highest BCUT2D eigenvalue weighted by Crippen LogP contribution is 2.28. The molecule has 0 N–H and O–H groups in total. The zero-order valence-electron chi connectivity index (χ0n) is 26.1. The number of benzene rings is 3. The molecule has 1 fully saturated rings. The van der Waals surface area contributed by atoms with Crippen LogP contribution in [0.3, 0.4) is 0 Å². The third kappa shape index (κ3) is 6.08. The SMILES string of the molecule is COCC1CCCN1Cc1ccc2c(c1)nc(CN(C(=O)c1c(C)cc(C)cc1C)C(C)C)n2-c1ccc(OC)cc1. The molecule has 1 aromatic heterocycles. The van der Waals surface area contributed by atoms with E-state index in [1.165, 1.54) is 18.4 Å². The Labute approximate surface area is 250 Å². The third-order valence-corrected chi connectivity index (χ3v) is 8.45. The van der Waals surface area contributed by atoms with Gasteiger partial charge in [0.05, 0.1) is 31.3 Å². The lowest BCUT2D eigenvalue weighted by atomic mass is 9.98. The number of likely N-dealkylation sites (tertiary alicyclic amines) is 1. The molecule has 0 aliphatic carbocycles. The Kier molecular flexibility index (Phi) is 8.99. The number of amides is 1. The second-order valence-electron chi connectivity index (χ2n) is 11.9. The Balaban J connectivity index is 1.55. The molecule has 1 saturated heterocycles. The largest absolute Gasteiger partial charge is 0.497 e. The van der Waals surface area contributed by atoms with Gasteiger partial charge >= 0.3 is 0 Å². The molecule has 4 aromatic rings. The first-order valence-electron chi connectivity index (χ1n) is 15.0. The molecule has 222 valence electrons. The number of hydrogen-bond acceptors (Lipinski definition) is 5. The summed E-state index contributed by atoms with van der Waals surface area (Å²) in [6.07, 6.45) is 2.37. The Bertz CT molecular complexity index is 1530. The van der Waals surface area contributed by atoms with Gasteiger partial charge in [-0.05, 0) is 107 Å². The van der Waals surface area contributed by atoms with Gasteiger partial charge < -0.3 is 14.4 Å². The van der Waals surface area contributed by atoms with Crippen molar-refractivity contribution in [3.05, 3.63) is 88.2 Å². The third-order valence-electron chi connectivity index (χ3n) is 8.45. The Hall–Kier alpha value is -3.68. The fraction of sp³-hybridized carbons (Fsp3) is 0.429.